The van der Waals surface area contributed by atoms with E-state index in [1.54, 1.807) is 13.0 Å². The van der Waals surface area contributed by atoms with Crippen LogP contribution in [0.3, 0.4) is 0 Å². The van der Waals surface area contributed by atoms with Gasteiger partial charge in [-0.25, -0.2) is 8.42 Å². The van der Waals surface area contributed by atoms with Gasteiger partial charge in [-0.3, -0.25) is 4.79 Å². The van der Waals surface area contributed by atoms with Gasteiger partial charge in [0.15, 0.2) is 9.84 Å². The molecule has 0 unspecified atom stereocenters. The van der Waals surface area contributed by atoms with E-state index in [1.165, 1.54) is 23.3 Å². The quantitative estimate of drug-likeness (QED) is 0.941. The molecule has 23 heavy (non-hydrogen) atoms. The van der Waals surface area contributed by atoms with Gasteiger partial charge in [-0.15, -0.1) is 0 Å². The van der Waals surface area contributed by atoms with Gasteiger partial charge in [-0.05, 0) is 67.1 Å². The molecule has 1 N–H and O–H groups in total. The van der Waals surface area contributed by atoms with E-state index >= 15 is 0 Å². The number of aryl methyl sites for hydroxylation is 3. The van der Waals surface area contributed by atoms with E-state index in [2.05, 4.69) is 11.4 Å². The molecular weight excluding hydrogens is 310 g/mol. The summed E-state index contributed by atoms with van der Waals surface area (Å²) in [5.41, 5.74) is 4.51. The number of carbonyl (C=O) groups excluding carboxylic acids is 1. The van der Waals surface area contributed by atoms with E-state index in [4.69, 9.17) is 0 Å². The summed E-state index contributed by atoms with van der Waals surface area (Å²) in [4.78, 5) is 12.7. The molecule has 0 spiro atoms. The molecule has 0 aliphatic heterocycles. The van der Waals surface area contributed by atoms with Gasteiger partial charge >= 0.3 is 0 Å². The van der Waals surface area contributed by atoms with E-state index in [0.29, 0.717) is 5.56 Å². The zero-order chi connectivity index (χ0) is 16.6. The Hall–Kier alpha value is -2.14. The second-order valence-electron chi connectivity index (χ2n) is 6.04. The van der Waals surface area contributed by atoms with E-state index in [-0.39, 0.29) is 10.8 Å². The van der Waals surface area contributed by atoms with Crippen molar-refractivity contribution in [2.45, 2.75) is 31.1 Å². The van der Waals surface area contributed by atoms with Gasteiger partial charge in [0.05, 0.1) is 4.90 Å². The zero-order valence-corrected chi connectivity index (χ0v) is 14.0. The van der Waals surface area contributed by atoms with Crippen LogP contribution in [0.2, 0.25) is 0 Å². The Balaban J connectivity index is 1.89. The van der Waals surface area contributed by atoms with Crippen LogP contribution < -0.4 is 5.32 Å². The summed E-state index contributed by atoms with van der Waals surface area (Å²) >= 11 is 0. The first-order valence-corrected chi connectivity index (χ1v) is 9.47. The summed E-state index contributed by atoms with van der Waals surface area (Å²) < 4.78 is 23.3. The maximum atomic E-state index is 12.5. The largest absolute Gasteiger partial charge is 0.322 e. The molecule has 1 aliphatic rings. The number of benzene rings is 2. The Kier molecular flexibility index (Phi) is 3.98. The van der Waals surface area contributed by atoms with E-state index in [9.17, 15) is 13.2 Å². The summed E-state index contributed by atoms with van der Waals surface area (Å²) in [7, 11) is -3.34. The first kappa shape index (κ1) is 15.7. The summed E-state index contributed by atoms with van der Waals surface area (Å²) in [6, 6.07) is 10.6. The molecule has 0 heterocycles. The van der Waals surface area contributed by atoms with Gasteiger partial charge in [0, 0.05) is 17.5 Å². The highest BCUT2D eigenvalue weighted by molar-refractivity contribution is 7.90. The van der Waals surface area contributed by atoms with Gasteiger partial charge in [0.1, 0.15) is 0 Å². The van der Waals surface area contributed by atoms with Crippen LogP contribution in [0.25, 0.3) is 0 Å². The molecule has 2 aromatic carbocycles. The van der Waals surface area contributed by atoms with Crippen molar-refractivity contribution in [2.24, 2.45) is 0 Å². The second kappa shape index (κ2) is 5.81. The number of fused-ring (bicyclic) bond motifs is 1. The number of anilines is 1. The second-order valence-corrected chi connectivity index (χ2v) is 8.06. The molecule has 5 heteroatoms. The Bertz CT molecular complexity index is 885. The Labute approximate surface area is 136 Å². The standard InChI is InChI=1S/C18H19NO3S/c1-12-6-9-16(23(2,21)22)11-17(12)18(20)19-15-8-7-13-4-3-5-14(13)10-15/h6-11H,3-5H2,1-2H3,(H,19,20). The van der Waals surface area contributed by atoms with Gasteiger partial charge in [-0.2, -0.15) is 0 Å². The molecule has 1 aliphatic carbocycles. The number of amides is 1. The molecule has 1 amide bonds. The van der Waals surface area contributed by atoms with Crippen LogP contribution in [0.15, 0.2) is 41.3 Å². The number of rotatable bonds is 3. The third-order valence-corrected chi connectivity index (χ3v) is 5.35. The number of carbonyl (C=O) groups is 1. The van der Waals surface area contributed by atoms with Crippen LogP contribution in [0.1, 0.15) is 33.5 Å². The minimum atomic E-state index is -3.34. The molecule has 0 fully saturated rings. The lowest BCUT2D eigenvalue weighted by Gasteiger charge is -2.10. The van der Waals surface area contributed by atoms with Crippen molar-refractivity contribution in [1.82, 2.24) is 0 Å². The predicted octanol–water partition coefficient (Wildman–Crippen LogP) is 3.14. The predicted molar refractivity (Wildman–Crippen MR) is 90.7 cm³/mol. The van der Waals surface area contributed by atoms with Gasteiger partial charge in [0.2, 0.25) is 0 Å². The fraction of sp³-hybridized carbons (Fsp3) is 0.278. The third-order valence-electron chi connectivity index (χ3n) is 4.24. The number of sulfone groups is 1. The highest BCUT2D eigenvalue weighted by Gasteiger charge is 2.16. The molecule has 2 aromatic rings. The van der Waals surface area contributed by atoms with Crippen molar-refractivity contribution in [3.63, 3.8) is 0 Å². The topological polar surface area (TPSA) is 63.2 Å². The molecule has 4 nitrogen and oxygen atoms in total. The number of hydrogen-bond donors (Lipinski definition) is 1. The molecule has 0 atom stereocenters. The van der Waals surface area contributed by atoms with Crippen LogP contribution in [0.4, 0.5) is 5.69 Å². The lowest BCUT2D eigenvalue weighted by molar-refractivity contribution is 0.102. The summed E-state index contributed by atoms with van der Waals surface area (Å²) in [5, 5.41) is 2.87. The zero-order valence-electron chi connectivity index (χ0n) is 13.2. The fourth-order valence-electron chi connectivity index (χ4n) is 2.92. The highest BCUT2D eigenvalue weighted by Crippen LogP contribution is 2.25. The van der Waals surface area contributed by atoms with E-state index in [1.807, 2.05) is 12.1 Å². The summed E-state index contributed by atoms with van der Waals surface area (Å²) in [6.07, 6.45) is 4.43. The van der Waals surface area contributed by atoms with Gasteiger partial charge in [-0.1, -0.05) is 12.1 Å². The molecule has 0 radical (unpaired) electrons. The molecule has 3 rings (SSSR count). The molecule has 0 bridgehead atoms. The highest BCUT2D eigenvalue weighted by atomic mass is 32.2. The Morgan fingerprint density at radius 1 is 1.04 bits per heavy atom. The van der Waals surface area contributed by atoms with Crippen LogP contribution in [-0.4, -0.2) is 20.6 Å². The summed E-state index contributed by atoms with van der Waals surface area (Å²) in [5.74, 6) is -0.286. The fourth-order valence-corrected chi connectivity index (χ4v) is 3.57. The maximum absolute atomic E-state index is 12.5. The van der Waals surface area contributed by atoms with Crippen molar-refractivity contribution < 1.29 is 13.2 Å². The van der Waals surface area contributed by atoms with Crippen LogP contribution in [-0.2, 0) is 22.7 Å². The molecule has 120 valence electrons. The monoisotopic (exact) mass is 329 g/mol. The van der Waals surface area contributed by atoms with Crippen LogP contribution >= 0.6 is 0 Å². The smallest absolute Gasteiger partial charge is 0.255 e. The van der Waals surface area contributed by atoms with E-state index < -0.39 is 9.84 Å². The van der Waals surface area contributed by atoms with Crippen molar-refractivity contribution >= 4 is 21.4 Å². The third kappa shape index (κ3) is 3.29. The molecule has 0 saturated heterocycles. The van der Waals surface area contributed by atoms with Crippen LogP contribution in [0, 0.1) is 6.92 Å². The molecule has 0 saturated carbocycles. The van der Waals surface area contributed by atoms with Crippen molar-refractivity contribution in [3.8, 4) is 0 Å². The van der Waals surface area contributed by atoms with E-state index in [0.717, 1.165) is 36.8 Å². The lowest BCUT2D eigenvalue weighted by atomic mass is 10.1. The normalized spacial score (nSPS) is 13.7. The SMILES string of the molecule is Cc1ccc(S(C)(=O)=O)cc1C(=O)Nc1ccc2c(c1)CCC2. The maximum Gasteiger partial charge on any atom is 0.255 e. The van der Waals surface area contributed by atoms with Gasteiger partial charge < -0.3 is 5.32 Å². The number of hydrogen-bond acceptors (Lipinski definition) is 3. The van der Waals surface area contributed by atoms with Crippen molar-refractivity contribution in [1.29, 1.82) is 0 Å². The minimum absolute atomic E-state index is 0.155. The lowest BCUT2D eigenvalue weighted by Crippen LogP contribution is -2.14. The first-order chi connectivity index (χ1) is 10.8. The Morgan fingerprint density at radius 3 is 2.52 bits per heavy atom. The average molecular weight is 329 g/mol. The first-order valence-electron chi connectivity index (χ1n) is 7.58. The summed E-state index contributed by atoms with van der Waals surface area (Å²) in [6.45, 7) is 1.80. The Morgan fingerprint density at radius 2 is 1.78 bits per heavy atom. The van der Waals surface area contributed by atoms with Crippen molar-refractivity contribution in [2.75, 3.05) is 11.6 Å². The molecular formula is C18H19NO3S. The molecule has 0 aromatic heterocycles. The van der Waals surface area contributed by atoms with Crippen LogP contribution in [0.5, 0.6) is 0 Å². The minimum Gasteiger partial charge on any atom is -0.322 e. The number of nitrogens with one attached hydrogen (secondary N) is 1. The average Bonchev–Trinajstić information content (AvgIpc) is 2.93. The van der Waals surface area contributed by atoms with Gasteiger partial charge in [0.25, 0.3) is 5.91 Å². The van der Waals surface area contributed by atoms with Crippen molar-refractivity contribution in [3.05, 3.63) is 58.7 Å².